The van der Waals surface area contributed by atoms with E-state index in [1.165, 1.54) is 5.57 Å². The topological polar surface area (TPSA) is 17.1 Å². The highest BCUT2D eigenvalue weighted by Gasteiger charge is 2.23. The third-order valence-electron chi connectivity index (χ3n) is 3.16. The van der Waals surface area contributed by atoms with E-state index >= 15 is 0 Å². The minimum Gasteiger partial charge on any atom is -0.289 e. The van der Waals surface area contributed by atoms with Gasteiger partial charge in [-0.2, -0.15) is 0 Å². The molecule has 88 valence electrons. The molecule has 1 aromatic rings. The van der Waals surface area contributed by atoms with Gasteiger partial charge in [-0.1, -0.05) is 61.9 Å². The number of carbonyl (C=O) groups is 1. The van der Waals surface area contributed by atoms with Crippen molar-refractivity contribution in [2.75, 3.05) is 0 Å². The van der Waals surface area contributed by atoms with Crippen molar-refractivity contribution in [1.29, 1.82) is 0 Å². The second-order valence-corrected chi connectivity index (χ2v) is 5.39. The van der Waals surface area contributed by atoms with Gasteiger partial charge in [-0.15, -0.1) is 0 Å². The number of Topliss-reactive ketones (excluding diaryl/α,β-unsaturated/α-hetero) is 1. The van der Waals surface area contributed by atoms with Crippen LogP contribution >= 0.6 is 0 Å². The van der Waals surface area contributed by atoms with Gasteiger partial charge in [0.15, 0.2) is 5.78 Å². The fourth-order valence-electron chi connectivity index (χ4n) is 2.30. The third kappa shape index (κ3) is 2.55. The summed E-state index contributed by atoms with van der Waals surface area (Å²) < 4.78 is 0. The molecule has 0 aromatic heterocycles. The molecule has 1 aliphatic rings. The van der Waals surface area contributed by atoms with Gasteiger partial charge < -0.3 is 0 Å². The Kier molecular flexibility index (Phi) is 3.01. The molecule has 2 rings (SSSR count). The average molecular weight is 226 g/mol. The number of carbonyl (C=O) groups excluding carboxylic acids is 1. The van der Waals surface area contributed by atoms with E-state index in [9.17, 15) is 4.79 Å². The van der Waals surface area contributed by atoms with Crippen LogP contribution in [0, 0.1) is 5.41 Å². The van der Waals surface area contributed by atoms with Gasteiger partial charge in [0.05, 0.1) is 0 Å². The Balaban J connectivity index is 2.31. The van der Waals surface area contributed by atoms with Crippen LogP contribution in [0.5, 0.6) is 0 Å². The summed E-state index contributed by atoms with van der Waals surface area (Å²) in [6.45, 7) is 6.44. The molecule has 0 saturated heterocycles. The zero-order valence-corrected chi connectivity index (χ0v) is 10.7. The molecule has 0 saturated carbocycles. The molecule has 0 unspecified atom stereocenters. The fourth-order valence-corrected chi connectivity index (χ4v) is 2.30. The molecule has 0 amide bonds. The van der Waals surface area contributed by atoms with Crippen LogP contribution in [0.2, 0.25) is 0 Å². The van der Waals surface area contributed by atoms with Crippen LogP contribution in [0.25, 0.3) is 0 Å². The Hall–Kier alpha value is -1.63. The van der Waals surface area contributed by atoms with Crippen molar-refractivity contribution in [2.45, 2.75) is 27.2 Å². The summed E-state index contributed by atoms with van der Waals surface area (Å²) in [6.07, 6.45) is 5.07. The van der Waals surface area contributed by atoms with Gasteiger partial charge in [-0.3, -0.25) is 4.79 Å². The first-order chi connectivity index (χ1) is 7.99. The average Bonchev–Trinajstić information content (AvgIpc) is 2.28. The summed E-state index contributed by atoms with van der Waals surface area (Å²) in [5.74, 6) is 0.134. The maximum atomic E-state index is 12.3. The SMILES string of the molecule is CC1=C(C(=O)c2ccccc2)C=CC(C)(C)C1. The summed E-state index contributed by atoms with van der Waals surface area (Å²) in [4.78, 5) is 12.3. The van der Waals surface area contributed by atoms with Gasteiger partial charge in [0, 0.05) is 11.1 Å². The fraction of sp³-hybridized carbons (Fsp3) is 0.312. The minimum atomic E-state index is 0.134. The van der Waals surface area contributed by atoms with Gasteiger partial charge in [0.2, 0.25) is 0 Å². The van der Waals surface area contributed by atoms with Crippen LogP contribution in [-0.2, 0) is 0 Å². The van der Waals surface area contributed by atoms with Gasteiger partial charge >= 0.3 is 0 Å². The number of benzene rings is 1. The number of hydrogen-bond donors (Lipinski definition) is 0. The first-order valence-electron chi connectivity index (χ1n) is 5.98. The summed E-state index contributed by atoms with van der Waals surface area (Å²) in [7, 11) is 0. The molecule has 1 aromatic carbocycles. The second-order valence-electron chi connectivity index (χ2n) is 5.39. The molecular formula is C16H18O. The Morgan fingerprint density at radius 3 is 2.41 bits per heavy atom. The summed E-state index contributed by atoms with van der Waals surface area (Å²) >= 11 is 0. The molecule has 0 spiro atoms. The lowest BCUT2D eigenvalue weighted by atomic mass is 9.78. The highest BCUT2D eigenvalue weighted by Crippen LogP contribution is 2.34. The quantitative estimate of drug-likeness (QED) is 0.692. The smallest absolute Gasteiger partial charge is 0.192 e. The highest BCUT2D eigenvalue weighted by atomic mass is 16.1. The van der Waals surface area contributed by atoms with Gasteiger partial charge in [-0.05, 0) is 18.8 Å². The first-order valence-corrected chi connectivity index (χ1v) is 5.98. The molecule has 17 heavy (non-hydrogen) atoms. The number of rotatable bonds is 2. The lowest BCUT2D eigenvalue weighted by Crippen LogP contribution is -2.16. The Morgan fingerprint density at radius 2 is 1.82 bits per heavy atom. The molecule has 0 bridgehead atoms. The van der Waals surface area contributed by atoms with Crippen LogP contribution in [-0.4, -0.2) is 5.78 Å². The predicted octanol–water partition coefficient (Wildman–Crippen LogP) is 4.17. The molecule has 0 aliphatic heterocycles. The molecule has 1 aliphatic carbocycles. The molecule has 1 heteroatoms. The molecule has 0 heterocycles. The molecule has 0 fully saturated rings. The number of ketones is 1. The monoisotopic (exact) mass is 226 g/mol. The lowest BCUT2D eigenvalue weighted by Gasteiger charge is -2.26. The van der Waals surface area contributed by atoms with Crippen LogP contribution in [0.15, 0.2) is 53.6 Å². The maximum Gasteiger partial charge on any atom is 0.192 e. The van der Waals surface area contributed by atoms with E-state index < -0.39 is 0 Å². The molecule has 0 atom stereocenters. The van der Waals surface area contributed by atoms with Crippen LogP contribution in [0.4, 0.5) is 0 Å². The van der Waals surface area contributed by atoms with E-state index in [1.807, 2.05) is 36.4 Å². The van der Waals surface area contributed by atoms with E-state index in [1.54, 1.807) is 0 Å². The van der Waals surface area contributed by atoms with Crippen molar-refractivity contribution in [2.24, 2.45) is 5.41 Å². The van der Waals surface area contributed by atoms with Gasteiger partial charge in [0.25, 0.3) is 0 Å². The summed E-state index contributed by atoms with van der Waals surface area (Å²) in [6, 6.07) is 9.48. The molecule has 0 radical (unpaired) electrons. The van der Waals surface area contributed by atoms with Crippen LogP contribution in [0.1, 0.15) is 37.6 Å². The predicted molar refractivity (Wildman–Crippen MR) is 71.0 cm³/mol. The van der Waals surface area contributed by atoms with E-state index in [0.717, 1.165) is 17.6 Å². The normalized spacial score (nSPS) is 18.3. The van der Waals surface area contributed by atoms with E-state index in [-0.39, 0.29) is 11.2 Å². The zero-order valence-electron chi connectivity index (χ0n) is 10.7. The van der Waals surface area contributed by atoms with Crippen LogP contribution in [0.3, 0.4) is 0 Å². The van der Waals surface area contributed by atoms with Gasteiger partial charge in [-0.25, -0.2) is 0 Å². The van der Waals surface area contributed by atoms with Crippen molar-refractivity contribution >= 4 is 5.78 Å². The molecular weight excluding hydrogens is 208 g/mol. The molecule has 0 N–H and O–H groups in total. The highest BCUT2D eigenvalue weighted by molar-refractivity contribution is 6.11. The van der Waals surface area contributed by atoms with E-state index in [0.29, 0.717) is 0 Å². The Labute approximate surface area is 103 Å². The number of hydrogen-bond acceptors (Lipinski definition) is 1. The van der Waals surface area contributed by atoms with Crippen molar-refractivity contribution in [3.05, 3.63) is 59.2 Å². The van der Waals surface area contributed by atoms with E-state index in [4.69, 9.17) is 0 Å². The maximum absolute atomic E-state index is 12.3. The minimum absolute atomic E-state index is 0.134. The Bertz CT molecular complexity index is 490. The van der Waals surface area contributed by atoms with Gasteiger partial charge in [0.1, 0.15) is 0 Å². The summed E-state index contributed by atoms with van der Waals surface area (Å²) in [5, 5.41) is 0. The second kappa shape index (κ2) is 4.33. The molecule has 1 nitrogen and oxygen atoms in total. The van der Waals surface area contributed by atoms with Crippen molar-refractivity contribution in [3.63, 3.8) is 0 Å². The Morgan fingerprint density at radius 1 is 1.18 bits per heavy atom. The van der Waals surface area contributed by atoms with E-state index in [2.05, 4.69) is 26.8 Å². The first kappa shape index (κ1) is 11.8. The van der Waals surface area contributed by atoms with Crippen molar-refractivity contribution in [3.8, 4) is 0 Å². The standard InChI is InChI=1S/C16H18O/c1-12-11-16(2,3)10-9-14(12)15(17)13-7-5-4-6-8-13/h4-10H,11H2,1-3H3. The third-order valence-corrected chi connectivity index (χ3v) is 3.16. The van der Waals surface area contributed by atoms with Crippen molar-refractivity contribution in [1.82, 2.24) is 0 Å². The van der Waals surface area contributed by atoms with Crippen molar-refractivity contribution < 1.29 is 4.79 Å². The largest absolute Gasteiger partial charge is 0.289 e. The number of allylic oxidation sites excluding steroid dienone is 4. The van der Waals surface area contributed by atoms with Crippen LogP contribution < -0.4 is 0 Å². The lowest BCUT2D eigenvalue weighted by molar-refractivity contribution is 0.103. The zero-order chi connectivity index (χ0) is 12.5. The summed E-state index contributed by atoms with van der Waals surface area (Å²) in [5.41, 5.74) is 2.98.